The number of ether oxygens (including phenoxy) is 4. The summed E-state index contributed by atoms with van der Waals surface area (Å²) >= 11 is 0. The zero-order chi connectivity index (χ0) is 27.9. The van der Waals surface area contributed by atoms with Gasteiger partial charge < -0.3 is 29.0 Å². The molecule has 8 nitrogen and oxygen atoms in total. The third-order valence-corrected chi connectivity index (χ3v) is 7.02. The largest absolute Gasteiger partial charge is 0.507 e. The fraction of sp³-hybridized carbons (Fsp3) is 0.484. The van der Waals surface area contributed by atoms with Crippen molar-refractivity contribution in [3.63, 3.8) is 0 Å². The number of methoxy groups -OCH3 is 1. The lowest BCUT2D eigenvalue weighted by molar-refractivity contribution is -0.140. The second kappa shape index (κ2) is 13.0. The number of amides is 1. The van der Waals surface area contributed by atoms with Crippen LogP contribution in [0.3, 0.4) is 0 Å². The van der Waals surface area contributed by atoms with Crippen LogP contribution in [-0.4, -0.2) is 61.3 Å². The summed E-state index contributed by atoms with van der Waals surface area (Å²) in [6.45, 7) is 8.29. The van der Waals surface area contributed by atoms with Crippen molar-refractivity contribution in [2.75, 3.05) is 33.5 Å². The molecule has 0 aromatic heterocycles. The number of ketones is 1. The van der Waals surface area contributed by atoms with Crippen molar-refractivity contribution in [1.82, 2.24) is 4.90 Å². The van der Waals surface area contributed by atoms with Gasteiger partial charge >= 0.3 is 0 Å². The average molecular weight is 538 g/mol. The Morgan fingerprint density at radius 3 is 2.49 bits per heavy atom. The molecule has 4 rings (SSSR count). The molecule has 210 valence electrons. The number of aliphatic hydroxyl groups excluding tert-OH is 1. The summed E-state index contributed by atoms with van der Waals surface area (Å²) in [7, 11) is 1.56. The first-order valence-corrected chi connectivity index (χ1v) is 13.8. The van der Waals surface area contributed by atoms with Gasteiger partial charge in [0.25, 0.3) is 11.7 Å². The van der Waals surface area contributed by atoms with Crippen LogP contribution < -0.4 is 14.2 Å². The van der Waals surface area contributed by atoms with Crippen molar-refractivity contribution in [3.05, 3.63) is 59.2 Å². The maximum Gasteiger partial charge on any atom is 0.295 e. The van der Waals surface area contributed by atoms with E-state index >= 15 is 0 Å². The van der Waals surface area contributed by atoms with Crippen LogP contribution in [0.2, 0.25) is 0 Å². The topological polar surface area (TPSA) is 94.5 Å². The van der Waals surface area contributed by atoms with Gasteiger partial charge in [-0.15, -0.1) is 0 Å². The minimum absolute atomic E-state index is 0.0377. The maximum atomic E-state index is 13.4. The van der Waals surface area contributed by atoms with Gasteiger partial charge in [0.2, 0.25) is 0 Å². The summed E-state index contributed by atoms with van der Waals surface area (Å²) in [5, 5.41) is 11.4. The predicted molar refractivity (Wildman–Crippen MR) is 148 cm³/mol. The van der Waals surface area contributed by atoms with Gasteiger partial charge in [0, 0.05) is 18.7 Å². The van der Waals surface area contributed by atoms with E-state index in [1.165, 1.54) is 4.90 Å². The van der Waals surface area contributed by atoms with E-state index in [9.17, 15) is 14.7 Å². The van der Waals surface area contributed by atoms with Crippen LogP contribution in [0.4, 0.5) is 0 Å². The number of hydrogen-bond donors (Lipinski definition) is 1. The molecule has 2 aromatic carbocycles. The van der Waals surface area contributed by atoms with Crippen LogP contribution >= 0.6 is 0 Å². The van der Waals surface area contributed by atoms with Crippen LogP contribution in [0.25, 0.3) is 5.76 Å². The molecule has 2 aromatic rings. The number of likely N-dealkylation sites (tertiary alicyclic amines) is 1. The van der Waals surface area contributed by atoms with Crippen molar-refractivity contribution in [3.8, 4) is 17.2 Å². The zero-order valence-electron chi connectivity index (χ0n) is 23.3. The Kier molecular flexibility index (Phi) is 9.51. The summed E-state index contributed by atoms with van der Waals surface area (Å²) in [5.41, 5.74) is 1.11. The van der Waals surface area contributed by atoms with E-state index in [4.69, 9.17) is 18.9 Å². The first-order chi connectivity index (χ1) is 18.8. The molecular formula is C31H39NO7. The molecule has 2 fully saturated rings. The van der Waals surface area contributed by atoms with Crippen LogP contribution in [-0.2, 0) is 14.3 Å². The highest BCUT2D eigenvalue weighted by molar-refractivity contribution is 6.46. The van der Waals surface area contributed by atoms with E-state index in [1.54, 1.807) is 43.5 Å². The monoisotopic (exact) mass is 537 g/mol. The van der Waals surface area contributed by atoms with Gasteiger partial charge in [-0.1, -0.05) is 26.8 Å². The summed E-state index contributed by atoms with van der Waals surface area (Å²) in [6.07, 6.45) is 3.32. The van der Waals surface area contributed by atoms with Crippen LogP contribution in [0.1, 0.15) is 63.6 Å². The van der Waals surface area contributed by atoms with Crippen molar-refractivity contribution in [2.24, 2.45) is 5.92 Å². The highest BCUT2D eigenvalue weighted by Crippen LogP contribution is 2.42. The molecule has 8 heteroatoms. The lowest BCUT2D eigenvalue weighted by Crippen LogP contribution is -2.36. The Morgan fingerprint density at radius 2 is 1.85 bits per heavy atom. The molecule has 0 aliphatic carbocycles. The van der Waals surface area contributed by atoms with Crippen molar-refractivity contribution in [2.45, 2.75) is 58.6 Å². The first kappa shape index (κ1) is 28.5. The number of aliphatic hydroxyl groups is 1. The molecule has 39 heavy (non-hydrogen) atoms. The van der Waals surface area contributed by atoms with Crippen LogP contribution in [0, 0.1) is 5.92 Å². The molecule has 0 spiro atoms. The molecule has 0 saturated carbocycles. The summed E-state index contributed by atoms with van der Waals surface area (Å²) in [5.74, 6) is 0.638. The molecule has 2 saturated heterocycles. The molecular weight excluding hydrogens is 498 g/mol. The Morgan fingerprint density at radius 1 is 1.08 bits per heavy atom. The van der Waals surface area contributed by atoms with E-state index in [-0.39, 0.29) is 24.0 Å². The van der Waals surface area contributed by atoms with Gasteiger partial charge in [0.05, 0.1) is 38.0 Å². The fourth-order valence-corrected chi connectivity index (χ4v) is 4.89. The Labute approximate surface area is 230 Å². The summed E-state index contributed by atoms with van der Waals surface area (Å²) in [6, 6.07) is 11.5. The molecule has 2 aliphatic rings. The molecule has 2 unspecified atom stereocenters. The molecule has 0 bridgehead atoms. The highest BCUT2D eigenvalue weighted by Gasteiger charge is 2.47. The highest BCUT2D eigenvalue weighted by atomic mass is 16.5. The standard InChI is InChI=1S/C31H39NO7/c1-5-15-37-23-11-8-21(9-12-23)29(33)27-28(32(31(35)30(27)34)19-24-7-6-16-38-24)22-10-13-25(26(18-22)36-4)39-17-14-20(2)3/h8-13,18,20,24,28,33H,5-7,14-17,19H2,1-4H3. The number of Topliss-reactive ketones (excluding diaryl/α,β-unsaturated/α-hetero) is 1. The smallest absolute Gasteiger partial charge is 0.295 e. The van der Waals surface area contributed by atoms with E-state index in [0.717, 1.165) is 25.7 Å². The van der Waals surface area contributed by atoms with E-state index in [2.05, 4.69) is 13.8 Å². The summed E-state index contributed by atoms with van der Waals surface area (Å²) < 4.78 is 23.0. The normalized spacial score (nSPS) is 20.6. The Hall–Kier alpha value is -3.52. The lowest BCUT2D eigenvalue weighted by Gasteiger charge is -2.28. The van der Waals surface area contributed by atoms with Gasteiger partial charge in [-0.2, -0.15) is 0 Å². The number of carbonyl (C=O) groups is 2. The van der Waals surface area contributed by atoms with Crippen molar-refractivity contribution in [1.29, 1.82) is 0 Å². The fourth-order valence-electron chi connectivity index (χ4n) is 4.89. The zero-order valence-corrected chi connectivity index (χ0v) is 23.3. The first-order valence-electron chi connectivity index (χ1n) is 13.8. The van der Waals surface area contributed by atoms with E-state index < -0.39 is 17.7 Å². The molecule has 1 N–H and O–H groups in total. The number of nitrogens with zero attached hydrogens (tertiary/aromatic N) is 1. The Bertz CT molecular complexity index is 1180. The third kappa shape index (κ3) is 6.56. The minimum atomic E-state index is -0.802. The van der Waals surface area contributed by atoms with Crippen molar-refractivity contribution >= 4 is 17.4 Å². The average Bonchev–Trinajstić information content (AvgIpc) is 3.54. The van der Waals surface area contributed by atoms with E-state index in [0.29, 0.717) is 54.1 Å². The van der Waals surface area contributed by atoms with Crippen LogP contribution in [0.5, 0.6) is 17.2 Å². The summed E-state index contributed by atoms with van der Waals surface area (Å²) in [4.78, 5) is 28.2. The van der Waals surface area contributed by atoms with Crippen molar-refractivity contribution < 1.29 is 33.6 Å². The molecule has 1 amide bonds. The van der Waals surface area contributed by atoms with Crippen LogP contribution in [0.15, 0.2) is 48.0 Å². The maximum absolute atomic E-state index is 13.4. The molecule has 0 radical (unpaired) electrons. The molecule has 2 aliphatic heterocycles. The number of benzene rings is 2. The Balaban J connectivity index is 1.73. The van der Waals surface area contributed by atoms with Gasteiger partial charge in [0.15, 0.2) is 11.5 Å². The molecule has 2 heterocycles. The van der Waals surface area contributed by atoms with Gasteiger partial charge in [0.1, 0.15) is 11.5 Å². The minimum Gasteiger partial charge on any atom is -0.507 e. The number of carbonyl (C=O) groups excluding carboxylic acids is 2. The SMILES string of the molecule is CCCOc1ccc(C(O)=C2C(=O)C(=O)N(CC3CCCO3)C2c2ccc(OCCC(C)C)c(OC)c2)cc1. The predicted octanol–water partition coefficient (Wildman–Crippen LogP) is 5.51. The lowest BCUT2D eigenvalue weighted by atomic mass is 9.94. The number of hydrogen-bond acceptors (Lipinski definition) is 7. The number of rotatable bonds is 12. The second-order valence-corrected chi connectivity index (χ2v) is 10.4. The van der Waals surface area contributed by atoms with Gasteiger partial charge in [-0.25, -0.2) is 0 Å². The van der Waals surface area contributed by atoms with Gasteiger partial charge in [-0.05, 0) is 73.6 Å². The molecule has 2 atom stereocenters. The quantitative estimate of drug-likeness (QED) is 0.217. The third-order valence-electron chi connectivity index (χ3n) is 7.02. The van der Waals surface area contributed by atoms with Gasteiger partial charge in [-0.3, -0.25) is 9.59 Å². The van der Waals surface area contributed by atoms with E-state index in [1.807, 2.05) is 13.0 Å². The second-order valence-electron chi connectivity index (χ2n) is 10.4.